The van der Waals surface area contributed by atoms with Crippen LogP contribution in [-0.2, 0) is 0 Å². The smallest absolute Gasteiger partial charge is 0.340 e. The van der Waals surface area contributed by atoms with Crippen LogP contribution in [-0.4, -0.2) is 36.2 Å². The topological polar surface area (TPSA) is 36.0 Å². The summed E-state index contributed by atoms with van der Waals surface area (Å²) in [4.78, 5) is 14.8. The minimum absolute atomic E-state index is 0.0505. The van der Waals surface area contributed by atoms with E-state index in [0.29, 0.717) is 0 Å². The molecule has 0 bridgehead atoms. The van der Waals surface area contributed by atoms with Crippen molar-refractivity contribution < 1.29 is 9.53 Å². The van der Waals surface area contributed by atoms with Gasteiger partial charge >= 0.3 is 6.03 Å². The lowest BCUT2D eigenvalue weighted by Gasteiger charge is -2.28. The lowest BCUT2D eigenvalue weighted by Crippen LogP contribution is -2.32. The molecular weight excluding hydrogens is 290 g/mol. The highest BCUT2D eigenvalue weighted by Crippen LogP contribution is 2.40. The van der Waals surface area contributed by atoms with Gasteiger partial charge in [0, 0.05) is 18.8 Å². The number of urea groups is 1. The van der Waals surface area contributed by atoms with Gasteiger partial charge < -0.3 is 4.74 Å². The Kier molecular flexibility index (Phi) is 3.42. The lowest BCUT2D eigenvalue weighted by atomic mass is 10.1. The monoisotopic (exact) mass is 309 g/mol. The molecule has 0 saturated carbocycles. The summed E-state index contributed by atoms with van der Waals surface area (Å²) in [5, 5.41) is 4.03. The minimum atomic E-state index is -0.0988. The highest BCUT2D eigenvalue weighted by atomic mass is 16.5. The molecule has 5 nitrogen and oxygen atoms in total. The number of rotatable bonds is 3. The normalized spacial score (nSPS) is 20.9. The predicted molar refractivity (Wildman–Crippen MR) is 88.1 cm³/mol. The molecule has 2 aromatic rings. The number of amides is 2. The van der Waals surface area contributed by atoms with E-state index in [0.717, 1.165) is 36.5 Å². The molecule has 0 N–H and O–H groups in total. The number of ether oxygens (including phenoxy) is 1. The summed E-state index contributed by atoms with van der Waals surface area (Å²) in [5.41, 5.74) is 2.01. The molecule has 0 unspecified atom stereocenters. The molecule has 1 atom stereocenters. The Bertz CT molecular complexity index is 702. The molecule has 2 aliphatic heterocycles. The van der Waals surface area contributed by atoms with Gasteiger partial charge in [-0.25, -0.2) is 4.79 Å². The molecule has 4 rings (SSSR count). The number of carbonyl (C=O) groups excluding carboxylic acids is 1. The molecule has 0 aromatic heterocycles. The van der Waals surface area contributed by atoms with Crippen molar-refractivity contribution in [2.24, 2.45) is 0 Å². The number of benzene rings is 2. The third-order valence-electron chi connectivity index (χ3n) is 4.47. The number of nitrogens with zero attached hydrogens (tertiary/aromatic N) is 3. The summed E-state index contributed by atoms with van der Waals surface area (Å²) in [5.74, 6) is 0.822. The van der Waals surface area contributed by atoms with E-state index in [1.165, 1.54) is 0 Å². The second-order valence-corrected chi connectivity index (χ2v) is 5.77. The van der Waals surface area contributed by atoms with Crippen LogP contribution in [0.4, 0.5) is 10.5 Å². The molecule has 2 aliphatic rings. The predicted octanol–water partition coefficient (Wildman–Crippen LogP) is 3.26. The Morgan fingerprint density at radius 1 is 1.00 bits per heavy atom. The van der Waals surface area contributed by atoms with Crippen LogP contribution < -0.4 is 9.64 Å². The summed E-state index contributed by atoms with van der Waals surface area (Å²) in [6.07, 6.45) is 0.916. The molecule has 2 fully saturated rings. The number of hydrogen-bond acceptors (Lipinski definition) is 3. The Labute approximate surface area is 135 Å². The van der Waals surface area contributed by atoms with Gasteiger partial charge in [-0.05, 0) is 36.2 Å². The van der Waals surface area contributed by atoms with Gasteiger partial charge in [-0.1, -0.05) is 30.3 Å². The SMILES string of the molecule is COc1ccc([C@H]2N(c3ccccc3)C(=O)N3CCCN23)cc1. The first kappa shape index (κ1) is 14.1. The molecule has 2 saturated heterocycles. The summed E-state index contributed by atoms with van der Waals surface area (Å²) in [7, 11) is 1.66. The molecule has 0 spiro atoms. The average molecular weight is 309 g/mol. The number of para-hydroxylation sites is 1. The van der Waals surface area contributed by atoms with Gasteiger partial charge in [0.05, 0.1) is 7.11 Å². The van der Waals surface area contributed by atoms with Crippen molar-refractivity contribution in [2.45, 2.75) is 12.6 Å². The Hall–Kier alpha value is -2.53. The number of methoxy groups -OCH3 is 1. The summed E-state index contributed by atoms with van der Waals surface area (Å²) in [6.45, 7) is 1.68. The van der Waals surface area contributed by atoms with Crippen LogP contribution in [0.1, 0.15) is 18.2 Å². The van der Waals surface area contributed by atoms with E-state index in [-0.39, 0.29) is 12.2 Å². The van der Waals surface area contributed by atoms with Crippen LogP contribution in [0, 0.1) is 0 Å². The fourth-order valence-corrected chi connectivity index (χ4v) is 3.39. The number of hydrogen-bond donors (Lipinski definition) is 0. The van der Waals surface area contributed by atoms with E-state index >= 15 is 0 Å². The Morgan fingerprint density at radius 3 is 2.43 bits per heavy atom. The van der Waals surface area contributed by atoms with Crippen molar-refractivity contribution in [3.8, 4) is 5.75 Å². The van der Waals surface area contributed by atoms with Crippen molar-refractivity contribution in [1.29, 1.82) is 0 Å². The maximum atomic E-state index is 12.9. The zero-order valence-electron chi connectivity index (χ0n) is 13.1. The van der Waals surface area contributed by atoms with Crippen molar-refractivity contribution in [2.75, 3.05) is 25.1 Å². The lowest BCUT2D eigenvalue weighted by molar-refractivity contribution is 0.0727. The van der Waals surface area contributed by atoms with Crippen molar-refractivity contribution in [1.82, 2.24) is 10.0 Å². The molecule has 2 amide bonds. The van der Waals surface area contributed by atoms with Gasteiger partial charge in [0.2, 0.25) is 0 Å². The largest absolute Gasteiger partial charge is 0.497 e. The molecule has 118 valence electrons. The van der Waals surface area contributed by atoms with E-state index < -0.39 is 0 Å². The van der Waals surface area contributed by atoms with Gasteiger partial charge in [0.25, 0.3) is 0 Å². The first-order valence-electron chi connectivity index (χ1n) is 7.86. The van der Waals surface area contributed by atoms with Crippen LogP contribution in [0.15, 0.2) is 54.6 Å². The maximum Gasteiger partial charge on any atom is 0.340 e. The minimum Gasteiger partial charge on any atom is -0.497 e. The second kappa shape index (κ2) is 5.59. The molecule has 2 heterocycles. The summed E-state index contributed by atoms with van der Waals surface area (Å²) >= 11 is 0. The van der Waals surface area contributed by atoms with Gasteiger partial charge in [-0.15, -0.1) is 0 Å². The van der Waals surface area contributed by atoms with Crippen LogP contribution in [0.3, 0.4) is 0 Å². The molecule has 5 heteroatoms. The second-order valence-electron chi connectivity index (χ2n) is 5.77. The fraction of sp³-hybridized carbons (Fsp3) is 0.278. The van der Waals surface area contributed by atoms with Crippen molar-refractivity contribution in [3.05, 3.63) is 60.2 Å². The van der Waals surface area contributed by atoms with Crippen molar-refractivity contribution in [3.63, 3.8) is 0 Å². The number of anilines is 1. The fourth-order valence-electron chi connectivity index (χ4n) is 3.39. The van der Waals surface area contributed by atoms with E-state index in [4.69, 9.17) is 4.74 Å². The first-order valence-corrected chi connectivity index (χ1v) is 7.86. The van der Waals surface area contributed by atoms with Gasteiger partial charge in [0.15, 0.2) is 0 Å². The molecule has 0 aliphatic carbocycles. The van der Waals surface area contributed by atoms with E-state index in [1.54, 1.807) is 7.11 Å². The van der Waals surface area contributed by atoms with E-state index in [9.17, 15) is 4.79 Å². The van der Waals surface area contributed by atoms with Crippen LogP contribution >= 0.6 is 0 Å². The van der Waals surface area contributed by atoms with E-state index in [1.807, 2.05) is 64.5 Å². The van der Waals surface area contributed by atoms with Gasteiger partial charge in [-0.2, -0.15) is 5.01 Å². The first-order chi connectivity index (χ1) is 11.3. The van der Waals surface area contributed by atoms with E-state index in [2.05, 4.69) is 5.01 Å². The molecular formula is C18H19N3O2. The third kappa shape index (κ3) is 2.24. The highest BCUT2D eigenvalue weighted by Gasteiger charge is 2.47. The zero-order chi connectivity index (χ0) is 15.8. The van der Waals surface area contributed by atoms with Crippen molar-refractivity contribution >= 4 is 11.7 Å². The number of fused-ring (bicyclic) bond motifs is 1. The number of hydrazine groups is 1. The van der Waals surface area contributed by atoms with Crippen LogP contribution in [0.5, 0.6) is 5.75 Å². The Morgan fingerprint density at radius 2 is 1.74 bits per heavy atom. The Balaban J connectivity index is 1.77. The van der Waals surface area contributed by atoms with Gasteiger partial charge in [0.1, 0.15) is 11.9 Å². The maximum absolute atomic E-state index is 12.9. The average Bonchev–Trinajstić information content (AvgIpc) is 3.18. The summed E-state index contributed by atoms with van der Waals surface area (Å²) in [6, 6.07) is 17.9. The highest BCUT2D eigenvalue weighted by molar-refractivity contribution is 5.94. The molecule has 0 radical (unpaired) electrons. The molecule has 2 aromatic carbocycles. The molecule has 23 heavy (non-hydrogen) atoms. The quantitative estimate of drug-likeness (QED) is 0.873. The van der Waals surface area contributed by atoms with Crippen LogP contribution in [0.2, 0.25) is 0 Å². The third-order valence-corrected chi connectivity index (χ3v) is 4.47. The zero-order valence-corrected chi connectivity index (χ0v) is 13.1. The van der Waals surface area contributed by atoms with Crippen LogP contribution in [0.25, 0.3) is 0 Å². The summed E-state index contributed by atoms with van der Waals surface area (Å²) < 4.78 is 5.25. The standard InChI is InChI=1S/C18H19N3O2/c1-23-16-10-8-14(9-11-16)17-19-12-5-13-20(19)18(22)21(17)15-6-3-2-4-7-15/h2-4,6-11,17H,5,12-13H2,1H3/t17-/m1/s1. The number of carbonyl (C=O) groups is 1. The van der Waals surface area contributed by atoms with Gasteiger partial charge in [-0.3, -0.25) is 9.91 Å².